The van der Waals surface area contributed by atoms with Crippen LogP contribution in [0.4, 0.5) is 5.00 Å². The van der Waals surface area contributed by atoms with Gasteiger partial charge in [0.25, 0.3) is 5.91 Å². The van der Waals surface area contributed by atoms with Crippen LogP contribution < -0.4 is 4.90 Å². The van der Waals surface area contributed by atoms with Gasteiger partial charge >= 0.3 is 5.97 Å². The molecule has 0 bridgehead atoms. The molecule has 1 N–H and O–H groups in total. The van der Waals surface area contributed by atoms with Gasteiger partial charge in [-0.15, -0.1) is 11.3 Å². The molecule has 20 heavy (non-hydrogen) atoms. The standard InChI is InChI=1S/C13H14N2O3S2/c1-6-5-9(8(3)19-6)11(16)15(4)12-10(13(17)18)7(2)14-20-12/h5H,1-4H3,(H,17,18). The highest BCUT2D eigenvalue weighted by atomic mass is 32.1. The number of amides is 1. The molecule has 0 fully saturated rings. The lowest BCUT2D eigenvalue weighted by Crippen LogP contribution is -2.27. The minimum absolute atomic E-state index is 0.0930. The molecule has 0 aliphatic carbocycles. The summed E-state index contributed by atoms with van der Waals surface area (Å²) in [5, 5.41) is 9.59. The summed E-state index contributed by atoms with van der Waals surface area (Å²) >= 11 is 2.58. The first kappa shape index (κ1) is 14.7. The summed E-state index contributed by atoms with van der Waals surface area (Å²) in [5.74, 6) is -1.28. The normalized spacial score (nSPS) is 10.6. The molecule has 5 nitrogen and oxygen atoms in total. The number of nitrogens with zero attached hydrogens (tertiary/aromatic N) is 2. The maximum absolute atomic E-state index is 12.5. The van der Waals surface area contributed by atoms with Crippen LogP contribution in [0.25, 0.3) is 0 Å². The summed E-state index contributed by atoms with van der Waals surface area (Å²) in [6, 6.07) is 1.83. The van der Waals surface area contributed by atoms with E-state index in [9.17, 15) is 14.7 Å². The van der Waals surface area contributed by atoms with Crippen molar-refractivity contribution in [2.75, 3.05) is 11.9 Å². The molecule has 0 radical (unpaired) electrons. The summed E-state index contributed by atoms with van der Waals surface area (Å²) in [4.78, 5) is 27.1. The minimum atomic E-state index is -1.07. The molecule has 2 rings (SSSR count). The van der Waals surface area contributed by atoms with Crippen molar-refractivity contribution in [3.8, 4) is 0 Å². The fraction of sp³-hybridized carbons (Fsp3) is 0.308. The van der Waals surface area contributed by atoms with E-state index in [-0.39, 0.29) is 11.5 Å². The maximum Gasteiger partial charge on any atom is 0.340 e. The first-order chi connectivity index (χ1) is 9.32. The van der Waals surface area contributed by atoms with Crippen LogP contribution in [0.5, 0.6) is 0 Å². The number of thiophene rings is 1. The number of anilines is 1. The molecule has 2 heterocycles. The third-order valence-corrected chi connectivity index (χ3v) is 4.92. The van der Waals surface area contributed by atoms with E-state index < -0.39 is 5.97 Å². The van der Waals surface area contributed by atoms with Gasteiger partial charge in [-0.3, -0.25) is 4.79 Å². The zero-order chi connectivity index (χ0) is 15.0. The second-order valence-corrected chi connectivity index (χ2v) is 6.66. The Bertz CT molecular complexity index is 688. The number of aromatic carboxylic acids is 1. The first-order valence-corrected chi connectivity index (χ1v) is 7.46. The Hall–Kier alpha value is -1.73. The smallest absolute Gasteiger partial charge is 0.340 e. The summed E-state index contributed by atoms with van der Waals surface area (Å²) in [6.45, 7) is 5.45. The Labute approximate surface area is 124 Å². The zero-order valence-electron chi connectivity index (χ0n) is 11.6. The molecule has 0 aliphatic rings. The van der Waals surface area contributed by atoms with Crippen LogP contribution in [0.15, 0.2) is 6.07 Å². The van der Waals surface area contributed by atoms with Crippen molar-refractivity contribution in [3.05, 3.63) is 32.6 Å². The monoisotopic (exact) mass is 310 g/mol. The van der Waals surface area contributed by atoms with Gasteiger partial charge in [-0.1, -0.05) is 0 Å². The summed E-state index contributed by atoms with van der Waals surface area (Å²) in [5.41, 5.74) is 1.13. The van der Waals surface area contributed by atoms with Crippen molar-refractivity contribution >= 4 is 39.7 Å². The van der Waals surface area contributed by atoms with Crippen molar-refractivity contribution in [3.63, 3.8) is 0 Å². The average molecular weight is 310 g/mol. The van der Waals surface area contributed by atoms with Gasteiger partial charge in [0.2, 0.25) is 0 Å². The topological polar surface area (TPSA) is 70.5 Å². The van der Waals surface area contributed by atoms with E-state index in [2.05, 4.69) is 4.37 Å². The van der Waals surface area contributed by atoms with Crippen LogP contribution in [0.2, 0.25) is 0 Å². The van der Waals surface area contributed by atoms with Crippen molar-refractivity contribution in [1.82, 2.24) is 4.37 Å². The summed E-state index contributed by atoms with van der Waals surface area (Å²) < 4.78 is 4.03. The predicted molar refractivity (Wildman–Crippen MR) is 80.3 cm³/mol. The molecule has 2 aromatic heterocycles. The third kappa shape index (κ3) is 2.46. The van der Waals surface area contributed by atoms with E-state index in [0.29, 0.717) is 16.3 Å². The van der Waals surface area contributed by atoms with E-state index in [1.165, 1.54) is 4.90 Å². The molecule has 1 amide bonds. The second-order valence-electron chi connectivity index (χ2n) is 4.44. The zero-order valence-corrected chi connectivity index (χ0v) is 13.2. The summed E-state index contributed by atoms with van der Waals surface area (Å²) in [6.07, 6.45) is 0. The Kier molecular flexibility index (Phi) is 3.92. The summed E-state index contributed by atoms with van der Waals surface area (Å²) in [7, 11) is 1.58. The Morgan fingerprint density at radius 1 is 1.30 bits per heavy atom. The van der Waals surface area contributed by atoms with Crippen LogP contribution in [0.1, 0.15) is 36.2 Å². The number of hydrogen-bond donors (Lipinski definition) is 1. The van der Waals surface area contributed by atoms with E-state index in [4.69, 9.17) is 0 Å². The molecule has 0 saturated heterocycles. The minimum Gasteiger partial charge on any atom is -0.478 e. The average Bonchev–Trinajstić information content (AvgIpc) is 2.90. The SMILES string of the molecule is Cc1cc(C(=O)N(C)c2snc(C)c2C(=O)O)c(C)s1. The van der Waals surface area contributed by atoms with E-state index in [1.807, 2.05) is 19.9 Å². The lowest BCUT2D eigenvalue weighted by molar-refractivity contribution is 0.0697. The molecular weight excluding hydrogens is 296 g/mol. The highest BCUT2D eigenvalue weighted by Crippen LogP contribution is 2.30. The molecule has 0 aromatic carbocycles. The van der Waals surface area contributed by atoms with Gasteiger partial charge in [-0.2, -0.15) is 4.37 Å². The Morgan fingerprint density at radius 2 is 1.95 bits per heavy atom. The van der Waals surface area contributed by atoms with E-state index in [0.717, 1.165) is 21.3 Å². The van der Waals surface area contributed by atoms with Crippen LogP contribution in [0, 0.1) is 20.8 Å². The van der Waals surface area contributed by atoms with Gasteiger partial charge in [-0.25, -0.2) is 4.79 Å². The lowest BCUT2D eigenvalue weighted by Gasteiger charge is -2.15. The second kappa shape index (κ2) is 5.34. The molecule has 7 heteroatoms. The molecule has 0 spiro atoms. The predicted octanol–water partition coefficient (Wildman–Crippen LogP) is 3.10. The van der Waals surface area contributed by atoms with Crippen molar-refractivity contribution in [1.29, 1.82) is 0 Å². The highest BCUT2D eigenvalue weighted by molar-refractivity contribution is 7.12. The van der Waals surface area contributed by atoms with Crippen molar-refractivity contribution in [2.24, 2.45) is 0 Å². The van der Waals surface area contributed by atoms with Crippen LogP contribution >= 0.6 is 22.9 Å². The number of aromatic nitrogens is 1. The number of carboxylic acids is 1. The van der Waals surface area contributed by atoms with E-state index in [1.54, 1.807) is 25.3 Å². The van der Waals surface area contributed by atoms with Crippen LogP contribution in [-0.2, 0) is 0 Å². The molecule has 106 valence electrons. The van der Waals surface area contributed by atoms with Gasteiger partial charge in [-0.05, 0) is 38.4 Å². The van der Waals surface area contributed by atoms with Crippen molar-refractivity contribution < 1.29 is 14.7 Å². The first-order valence-electron chi connectivity index (χ1n) is 5.87. The number of carboxylic acid groups (broad SMARTS) is 1. The molecule has 0 unspecified atom stereocenters. The van der Waals surface area contributed by atoms with E-state index >= 15 is 0 Å². The Morgan fingerprint density at radius 3 is 2.45 bits per heavy atom. The van der Waals surface area contributed by atoms with Gasteiger partial charge in [0.1, 0.15) is 10.6 Å². The quantitative estimate of drug-likeness (QED) is 0.945. The fourth-order valence-corrected chi connectivity index (χ4v) is 3.71. The molecule has 2 aromatic rings. The third-order valence-electron chi connectivity index (χ3n) is 2.94. The van der Waals surface area contributed by atoms with Gasteiger partial charge < -0.3 is 10.0 Å². The maximum atomic E-state index is 12.5. The van der Waals surface area contributed by atoms with Gasteiger partial charge in [0, 0.05) is 16.8 Å². The number of aryl methyl sites for hydroxylation is 3. The number of rotatable bonds is 3. The number of hydrogen-bond acceptors (Lipinski definition) is 5. The Balaban J connectivity index is 2.42. The largest absolute Gasteiger partial charge is 0.478 e. The van der Waals surface area contributed by atoms with Crippen molar-refractivity contribution in [2.45, 2.75) is 20.8 Å². The number of carbonyl (C=O) groups is 2. The van der Waals surface area contributed by atoms with Crippen LogP contribution in [-0.4, -0.2) is 28.4 Å². The molecule has 0 aliphatic heterocycles. The number of carbonyl (C=O) groups excluding carboxylic acids is 1. The molecule has 0 saturated carbocycles. The van der Waals surface area contributed by atoms with Gasteiger partial charge in [0.05, 0.1) is 11.3 Å². The van der Waals surface area contributed by atoms with Gasteiger partial charge in [0.15, 0.2) is 0 Å². The highest BCUT2D eigenvalue weighted by Gasteiger charge is 2.25. The molecular formula is C13H14N2O3S2. The lowest BCUT2D eigenvalue weighted by atomic mass is 10.2. The fourth-order valence-electron chi connectivity index (χ4n) is 1.95. The van der Waals surface area contributed by atoms with Crippen LogP contribution in [0.3, 0.4) is 0 Å². The molecule has 0 atom stereocenters.